The van der Waals surface area contributed by atoms with Crippen LogP contribution in [0.5, 0.6) is 0 Å². The van der Waals surface area contributed by atoms with E-state index < -0.39 is 0 Å². The van der Waals surface area contributed by atoms with Crippen molar-refractivity contribution in [2.45, 2.75) is 6.54 Å². The molecule has 0 unspecified atom stereocenters. The van der Waals surface area contributed by atoms with Crippen LogP contribution in [-0.2, 0) is 6.54 Å². The molecule has 2 aromatic carbocycles. The lowest BCUT2D eigenvalue weighted by atomic mass is 9.95. The van der Waals surface area contributed by atoms with Gasteiger partial charge in [-0.05, 0) is 30.8 Å². The van der Waals surface area contributed by atoms with Gasteiger partial charge < -0.3 is 14.4 Å². The number of nitrogens with zero attached hydrogens (tertiary/aromatic N) is 3. The molecule has 158 valence electrons. The zero-order valence-electron chi connectivity index (χ0n) is 17.3. The van der Waals surface area contributed by atoms with Crippen molar-refractivity contribution in [1.29, 1.82) is 0 Å². The molecule has 0 bridgehead atoms. The Morgan fingerprint density at radius 2 is 1.81 bits per heavy atom. The number of H-pyrrole nitrogens is 1. The molecular formula is C24H23ClN4O2. The van der Waals surface area contributed by atoms with Crippen LogP contribution in [0.4, 0.5) is 0 Å². The Morgan fingerprint density at radius 3 is 2.58 bits per heavy atom. The number of halogens is 1. The van der Waals surface area contributed by atoms with Crippen molar-refractivity contribution >= 4 is 22.5 Å². The van der Waals surface area contributed by atoms with Crippen molar-refractivity contribution in [3.63, 3.8) is 0 Å². The number of aromatic nitrogens is 2. The Bertz CT molecular complexity index is 1270. The molecule has 1 fully saturated rings. The number of hydrogen-bond donors (Lipinski definition) is 1. The van der Waals surface area contributed by atoms with E-state index in [-0.39, 0.29) is 5.56 Å². The first kappa shape index (κ1) is 20.0. The second-order valence-corrected chi connectivity index (χ2v) is 8.46. The van der Waals surface area contributed by atoms with Gasteiger partial charge in [-0.25, -0.2) is 0 Å². The number of hydrogen-bond acceptors (Lipinski definition) is 5. The van der Waals surface area contributed by atoms with Gasteiger partial charge in [0.25, 0.3) is 5.56 Å². The van der Waals surface area contributed by atoms with E-state index in [1.165, 1.54) is 0 Å². The number of fused-ring (bicyclic) bond motifs is 1. The molecule has 31 heavy (non-hydrogen) atoms. The average molecular weight is 435 g/mol. The minimum absolute atomic E-state index is 0.212. The van der Waals surface area contributed by atoms with Gasteiger partial charge in [-0.1, -0.05) is 47.1 Å². The monoisotopic (exact) mass is 434 g/mol. The third kappa shape index (κ3) is 4.02. The minimum Gasteiger partial charge on any atom is -0.356 e. The first-order chi connectivity index (χ1) is 15.1. The number of likely N-dealkylation sites (N-methyl/N-ethyl adjacent to an activating group) is 1. The fourth-order valence-corrected chi connectivity index (χ4v) is 4.32. The van der Waals surface area contributed by atoms with E-state index >= 15 is 0 Å². The Labute approximate surface area is 185 Å². The zero-order valence-corrected chi connectivity index (χ0v) is 18.0. The Balaban J connectivity index is 1.61. The summed E-state index contributed by atoms with van der Waals surface area (Å²) in [5.74, 6) is 0.464. The highest BCUT2D eigenvalue weighted by molar-refractivity contribution is 6.31. The van der Waals surface area contributed by atoms with Gasteiger partial charge in [0.1, 0.15) is 0 Å². The number of rotatable bonds is 4. The molecule has 3 heterocycles. The van der Waals surface area contributed by atoms with Gasteiger partial charge in [-0.3, -0.25) is 9.69 Å². The summed E-state index contributed by atoms with van der Waals surface area (Å²) in [4.78, 5) is 20.8. The number of benzene rings is 2. The van der Waals surface area contributed by atoms with Crippen molar-refractivity contribution < 1.29 is 4.52 Å². The molecule has 0 spiro atoms. The van der Waals surface area contributed by atoms with Crippen LogP contribution in [0.1, 0.15) is 5.69 Å². The zero-order chi connectivity index (χ0) is 21.4. The lowest BCUT2D eigenvalue weighted by Crippen LogP contribution is -2.43. The third-order valence-corrected chi connectivity index (χ3v) is 6.06. The largest absolute Gasteiger partial charge is 0.356 e. The van der Waals surface area contributed by atoms with E-state index in [4.69, 9.17) is 16.1 Å². The summed E-state index contributed by atoms with van der Waals surface area (Å²) in [5, 5.41) is 5.74. The Morgan fingerprint density at radius 1 is 1.03 bits per heavy atom. The maximum atomic E-state index is 13.2. The second kappa shape index (κ2) is 8.30. The van der Waals surface area contributed by atoms with Crippen LogP contribution in [0.25, 0.3) is 33.4 Å². The molecule has 7 heteroatoms. The number of pyridine rings is 1. The summed E-state index contributed by atoms with van der Waals surface area (Å²) in [6.45, 7) is 4.75. The van der Waals surface area contributed by atoms with Crippen LogP contribution in [0, 0.1) is 0 Å². The van der Waals surface area contributed by atoms with Gasteiger partial charge >= 0.3 is 0 Å². The van der Waals surface area contributed by atoms with E-state index in [0.29, 0.717) is 22.9 Å². The Hall–Kier alpha value is -2.93. The van der Waals surface area contributed by atoms with Gasteiger partial charge in [-0.2, -0.15) is 0 Å². The highest BCUT2D eigenvalue weighted by Crippen LogP contribution is 2.36. The molecule has 0 atom stereocenters. The first-order valence-electron chi connectivity index (χ1n) is 10.4. The lowest BCUT2D eigenvalue weighted by Gasteiger charge is -2.31. The second-order valence-electron chi connectivity index (χ2n) is 8.02. The minimum atomic E-state index is -0.212. The third-order valence-electron chi connectivity index (χ3n) is 5.83. The predicted molar refractivity (Wildman–Crippen MR) is 123 cm³/mol. The summed E-state index contributed by atoms with van der Waals surface area (Å²) >= 11 is 6.30. The maximum Gasteiger partial charge on any atom is 0.260 e. The van der Waals surface area contributed by atoms with E-state index in [2.05, 4.69) is 27.0 Å². The predicted octanol–water partition coefficient (Wildman–Crippen LogP) is 4.25. The summed E-state index contributed by atoms with van der Waals surface area (Å²) in [6, 6.07) is 17.2. The molecule has 1 saturated heterocycles. The van der Waals surface area contributed by atoms with Gasteiger partial charge in [0.05, 0.1) is 11.3 Å². The first-order valence-corrected chi connectivity index (χ1v) is 10.7. The van der Waals surface area contributed by atoms with E-state index in [1.807, 2.05) is 48.5 Å². The summed E-state index contributed by atoms with van der Waals surface area (Å²) < 4.78 is 5.70. The molecule has 1 N–H and O–H groups in total. The molecule has 0 aliphatic carbocycles. The van der Waals surface area contributed by atoms with Crippen molar-refractivity contribution in [2.75, 3.05) is 33.2 Å². The SMILES string of the molecule is CN1CCN(Cc2cc(-c3c(-c4ccccc4)c4cc(Cl)ccc4[nH]c3=O)on2)CC1. The molecule has 4 aromatic rings. The maximum absolute atomic E-state index is 13.2. The molecule has 2 aromatic heterocycles. The van der Waals surface area contributed by atoms with Gasteiger partial charge in [0.2, 0.25) is 0 Å². The lowest BCUT2D eigenvalue weighted by molar-refractivity contribution is 0.145. The van der Waals surface area contributed by atoms with Crippen LogP contribution in [0.15, 0.2) is 63.9 Å². The fourth-order valence-electron chi connectivity index (χ4n) is 4.14. The number of nitrogens with one attached hydrogen (secondary N) is 1. The van der Waals surface area contributed by atoms with E-state index in [9.17, 15) is 4.79 Å². The van der Waals surface area contributed by atoms with Crippen molar-refractivity contribution in [2.24, 2.45) is 0 Å². The van der Waals surface area contributed by atoms with Crippen molar-refractivity contribution in [3.05, 3.63) is 75.7 Å². The smallest absolute Gasteiger partial charge is 0.260 e. The fraction of sp³-hybridized carbons (Fsp3) is 0.250. The molecule has 0 saturated carbocycles. The highest BCUT2D eigenvalue weighted by Gasteiger charge is 2.21. The van der Waals surface area contributed by atoms with Crippen molar-refractivity contribution in [1.82, 2.24) is 19.9 Å². The molecule has 0 amide bonds. The summed E-state index contributed by atoms with van der Waals surface area (Å²) in [7, 11) is 2.13. The van der Waals surface area contributed by atoms with Crippen LogP contribution in [0.2, 0.25) is 5.02 Å². The van der Waals surface area contributed by atoms with Gasteiger partial charge in [-0.15, -0.1) is 0 Å². The van der Waals surface area contributed by atoms with Crippen molar-refractivity contribution in [3.8, 4) is 22.5 Å². The topological polar surface area (TPSA) is 65.4 Å². The molecule has 5 rings (SSSR count). The summed E-state index contributed by atoms with van der Waals surface area (Å²) in [5.41, 5.74) is 3.53. The molecule has 1 aliphatic rings. The molecule has 1 aliphatic heterocycles. The highest BCUT2D eigenvalue weighted by atomic mass is 35.5. The van der Waals surface area contributed by atoms with Gasteiger partial charge in [0, 0.05) is 60.3 Å². The molecule has 6 nitrogen and oxygen atoms in total. The van der Waals surface area contributed by atoms with E-state index in [0.717, 1.165) is 53.9 Å². The number of piperazine rings is 1. The van der Waals surface area contributed by atoms with E-state index in [1.54, 1.807) is 6.07 Å². The summed E-state index contributed by atoms with van der Waals surface area (Å²) in [6.07, 6.45) is 0. The number of aromatic amines is 1. The van der Waals surface area contributed by atoms with Crippen LogP contribution in [0.3, 0.4) is 0 Å². The van der Waals surface area contributed by atoms with Crippen LogP contribution >= 0.6 is 11.6 Å². The quantitative estimate of drug-likeness (QED) is 0.520. The Kier molecular flexibility index (Phi) is 5.36. The molecule has 0 radical (unpaired) electrons. The average Bonchev–Trinajstić information content (AvgIpc) is 3.23. The standard InChI is InChI=1S/C24H23ClN4O2/c1-28-9-11-29(12-10-28)15-18-14-21(31-27-18)23-22(16-5-3-2-4-6-16)19-13-17(25)7-8-20(19)26-24(23)30/h2-8,13-14H,9-12,15H2,1H3,(H,26,30). The van der Waals surface area contributed by atoms with Crippen LogP contribution in [-0.4, -0.2) is 53.2 Å². The van der Waals surface area contributed by atoms with Crippen LogP contribution < -0.4 is 5.56 Å². The molecular weight excluding hydrogens is 412 g/mol. The van der Waals surface area contributed by atoms with Gasteiger partial charge in [0.15, 0.2) is 5.76 Å². The normalized spacial score (nSPS) is 15.5.